The predicted molar refractivity (Wildman–Crippen MR) is 140 cm³/mol. The molecule has 0 heterocycles. The lowest BCUT2D eigenvalue weighted by Gasteiger charge is -2.17. The lowest BCUT2D eigenvalue weighted by Crippen LogP contribution is -2.22. The number of esters is 2. The van der Waals surface area contributed by atoms with Crippen LogP contribution >= 0.6 is 0 Å². The molecule has 0 atom stereocenters. The lowest BCUT2D eigenvalue weighted by atomic mass is 10.0. The van der Waals surface area contributed by atoms with E-state index in [9.17, 15) is 9.59 Å². The van der Waals surface area contributed by atoms with Crippen LogP contribution in [0, 0.1) is 5.92 Å². The van der Waals surface area contributed by atoms with E-state index in [2.05, 4.69) is 19.2 Å². The van der Waals surface area contributed by atoms with Gasteiger partial charge in [0, 0.05) is 25.4 Å². The first kappa shape index (κ1) is 32.9. The maximum atomic E-state index is 12.1. The second kappa shape index (κ2) is 26.5. The number of unbranched alkanes of at least 4 members (excludes halogenated alkanes) is 11. The summed E-state index contributed by atoms with van der Waals surface area (Å²) < 4.78 is 11.1. The molecular weight excluding hydrogens is 430 g/mol. The largest absolute Gasteiger partial charge is 0.465 e. The van der Waals surface area contributed by atoms with Crippen molar-refractivity contribution < 1.29 is 24.2 Å². The molecule has 0 aromatic carbocycles. The van der Waals surface area contributed by atoms with Crippen molar-refractivity contribution in [2.75, 3.05) is 32.9 Å². The summed E-state index contributed by atoms with van der Waals surface area (Å²) in [5.74, 6) is -0.195. The highest BCUT2D eigenvalue weighted by molar-refractivity contribution is 5.69. The molecule has 2 N–H and O–H groups in total. The standard InChI is InChI=1S/C28H55NO5/c1-3-5-7-9-12-19-27(31)33-24-26(18-14-16-22-29-21-15-11-17-23-30)25-34-28(32)20-13-10-8-6-4-2/h26,29-30H,3-25H2,1-2H3. The summed E-state index contributed by atoms with van der Waals surface area (Å²) in [6.07, 6.45) is 18.1. The number of nitrogens with one attached hydrogen (secondary N) is 1. The third-order valence-electron chi connectivity index (χ3n) is 6.16. The normalized spacial score (nSPS) is 11.2. The van der Waals surface area contributed by atoms with E-state index in [1.807, 2.05) is 0 Å². The average molecular weight is 486 g/mol. The number of aliphatic hydroxyl groups is 1. The molecule has 0 radical (unpaired) electrons. The quantitative estimate of drug-likeness (QED) is 0.110. The Kier molecular flexibility index (Phi) is 25.6. The fourth-order valence-corrected chi connectivity index (χ4v) is 3.87. The SMILES string of the molecule is CCCCCCCC(=O)OCC(CCCCNCCCCCO)COC(=O)CCCCCCC. The molecule has 0 aromatic rings. The molecule has 0 saturated heterocycles. The molecule has 0 aromatic heterocycles. The molecule has 202 valence electrons. The average Bonchev–Trinajstić information content (AvgIpc) is 2.83. The smallest absolute Gasteiger partial charge is 0.305 e. The van der Waals surface area contributed by atoms with Crippen LogP contribution in [0.4, 0.5) is 0 Å². The molecule has 6 nitrogen and oxygen atoms in total. The number of hydrogen-bond donors (Lipinski definition) is 2. The van der Waals surface area contributed by atoms with Crippen molar-refractivity contribution >= 4 is 11.9 Å². The summed E-state index contributed by atoms with van der Waals surface area (Å²) >= 11 is 0. The van der Waals surface area contributed by atoms with Gasteiger partial charge in [-0.05, 0) is 58.0 Å². The van der Waals surface area contributed by atoms with Gasteiger partial charge in [0.05, 0.1) is 13.2 Å². The van der Waals surface area contributed by atoms with Gasteiger partial charge in [-0.3, -0.25) is 9.59 Å². The third-order valence-corrected chi connectivity index (χ3v) is 6.16. The highest BCUT2D eigenvalue weighted by Crippen LogP contribution is 2.13. The molecule has 0 amide bonds. The van der Waals surface area contributed by atoms with Gasteiger partial charge < -0.3 is 19.9 Å². The summed E-state index contributed by atoms with van der Waals surface area (Å²) in [7, 11) is 0. The zero-order chi connectivity index (χ0) is 25.1. The summed E-state index contributed by atoms with van der Waals surface area (Å²) in [5, 5.41) is 12.3. The number of hydrogen-bond acceptors (Lipinski definition) is 6. The number of aliphatic hydroxyl groups excluding tert-OH is 1. The molecule has 0 rings (SSSR count). The van der Waals surface area contributed by atoms with Gasteiger partial charge in [-0.15, -0.1) is 0 Å². The summed E-state index contributed by atoms with van der Waals surface area (Å²) in [4.78, 5) is 24.2. The van der Waals surface area contributed by atoms with E-state index in [4.69, 9.17) is 14.6 Å². The Morgan fingerprint density at radius 1 is 0.647 bits per heavy atom. The van der Waals surface area contributed by atoms with Crippen LogP contribution < -0.4 is 5.32 Å². The van der Waals surface area contributed by atoms with Crippen molar-refractivity contribution in [1.29, 1.82) is 0 Å². The topological polar surface area (TPSA) is 84.9 Å². The molecule has 0 saturated carbocycles. The molecule has 6 heteroatoms. The first-order valence-electron chi connectivity index (χ1n) is 14.3. The van der Waals surface area contributed by atoms with E-state index in [-0.39, 0.29) is 24.5 Å². The van der Waals surface area contributed by atoms with E-state index < -0.39 is 0 Å². The molecule has 0 spiro atoms. The Morgan fingerprint density at radius 3 is 1.62 bits per heavy atom. The minimum Gasteiger partial charge on any atom is -0.465 e. The third kappa shape index (κ3) is 24.0. The van der Waals surface area contributed by atoms with Crippen molar-refractivity contribution in [3.8, 4) is 0 Å². The van der Waals surface area contributed by atoms with E-state index in [0.717, 1.165) is 77.3 Å². The molecule has 0 unspecified atom stereocenters. The van der Waals surface area contributed by atoms with Gasteiger partial charge in [0.15, 0.2) is 0 Å². The number of ether oxygens (including phenoxy) is 2. The Hall–Kier alpha value is -1.14. The van der Waals surface area contributed by atoms with Gasteiger partial charge in [0.1, 0.15) is 0 Å². The van der Waals surface area contributed by atoms with Crippen molar-refractivity contribution in [3.63, 3.8) is 0 Å². The van der Waals surface area contributed by atoms with Crippen LogP contribution in [0.3, 0.4) is 0 Å². The van der Waals surface area contributed by atoms with E-state index in [1.54, 1.807) is 0 Å². The van der Waals surface area contributed by atoms with Crippen molar-refractivity contribution in [2.24, 2.45) is 5.92 Å². The zero-order valence-electron chi connectivity index (χ0n) is 22.4. The monoisotopic (exact) mass is 485 g/mol. The molecule has 34 heavy (non-hydrogen) atoms. The highest BCUT2D eigenvalue weighted by Gasteiger charge is 2.15. The van der Waals surface area contributed by atoms with Crippen LogP contribution in [0.15, 0.2) is 0 Å². The second-order valence-electron chi connectivity index (χ2n) is 9.59. The van der Waals surface area contributed by atoms with Crippen molar-refractivity contribution in [2.45, 2.75) is 129 Å². The minimum atomic E-state index is -0.131. The molecule has 0 fully saturated rings. The summed E-state index contributed by atoms with van der Waals surface area (Å²) in [5.41, 5.74) is 0. The molecule has 0 bridgehead atoms. The van der Waals surface area contributed by atoms with E-state index in [1.165, 1.54) is 38.5 Å². The Morgan fingerprint density at radius 2 is 1.12 bits per heavy atom. The van der Waals surface area contributed by atoms with E-state index >= 15 is 0 Å². The maximum absolute atomic E-state index is 12.1. The predicted octanol–water partition coefficient (Wildman–Crippen LogP) is 6.33. The van der Waals surface area contributed by atoms with Crippen LogP contribution in [0.5, 0.6) is 0 Å². The molecular formula is C28H55NO5. The second-order valence-corrected chi connectivity index (χ2v) is 9.59. The first-order chi connectivity index (χ1) is 16.6. The van der Waals surface area contributed by atoms with Crippen LogP contribution in [0.25, 0.3) is 0 Å². The Bertz CT molecular complexity index is 428. The van der Waals surface area contributed by atoms with Gasteiger partial charge in [-0.1, -0.05) is 71.6 Å². The zero-order valence-corrected chi connectivity index (χ0v) is 22.4. The first-order valence-corrected chi connectivity index (χ1v) is 14.3. The lowest BCUT2D eigenvalue weighted by molar-refractivity contribution is -0.149. The van der Waals surface area contributed by atoms with Crippen LogP contribution in [-0.4, -0.2) is 50.0 Å². The Labute approximate surface area is 209 Å². The number of rotatable bonds is 26. The van der Waals surface area contributed by atoms with Gasteiger partial charge in [-0.2, -0.15) is 0 Å². The molecule has 0 aliphatic heterocycles. The van der Waals surface area contributed by atoms with Gasteiger partial charge in [-0.25, -0.2) is 0 Å². The molecule has 0 aliphatic rings. The number of carbonyl (C=O) groups is 2. The van der Waals surface area contributed by atoms with Gasteiger partial charge in [0.25, 0.3) is 0 Å². The van der Waals surface area contributed by atoms with Gasteiger partial charge in [0.2, 0.25) is 0 Å². The fraction of sp³-hybridized carbons (Fsp3) is 0.929. The van der Waals surface area contributed by atoms with E-state index in [0.29, 0.717) is 26.1 Å². The minimum absolute atomic E-state index is 0.0673. The summed E-state index contributed by atoms with van der Waals surface area (Å²) in [6, 6.07) is 0. The maximum Gasteiger partial charge on any atom is 0.305 e. The number of carbonyl (C=O) groups excluding carboxylic acids is 2. The highest BCUT2D eigenvalue weighted by atomic mass is 16.5. The summed E-state index contributed by atoms with van der Waals surface area (Å²) in [6.45, 7) is 7.26. The van der Waals surface area contributed by atoms with Crippen LogP contribution in [-0.2, 0) is 19.1 Å². The Balaban J connectivity index is 4.17. The van der Waals surface area contributed by atoms with Crippen molar-refractivity contribution in [1.82, 2.24) is 5.32 Å². The van der Waals surface area contributed by atoms with Crippen LogP contribution in [0.1, 0.15) is 129 Å². The van der Waals surface area contributed by atoms with Crippen LogP contribution in [0.2, 0.25) is 0 Å². The van der Waals surface area contributed by atoms with Crippen molar-refractivity contribution in [3.05, 3.63) is 0 Å². The van der Waals surface area contributed by atoms with Gasteiger partial charge >= 0.3 is 11.9 Å². The molecule has 0 aliphatic carbocycles. The fourth-order valence-electron chi connectivity index (χ4n) is 3.87.